The average molecular weight is 259 g/mol. The second-order valence-electron chi connectivity index (χ2n) is 4.58. The van der Waals surface area contributed by atoms with Gasteiger partial charge in [-0.15, -0.1) is 0 Å². The van der Waals surface area contributed by atoms with Crippen LogP contribution in [0, 0.1) is 0 Å². The molecule has 0 saturated carbocycles. The summed E-state index contributed by atoms with van der Waals surface area (Å²) in [5, 5.41) is 13.7. The van der Waals surface area contributed by atoms with E-state index in [9.17, 15) is 9.90 Å². The van der Waals surface area contributed by atoms with Crippen molar-refractivity contribution >= 4 is 5.97 Å². The monoisotopic (exact) mass is 259 g/mol. The molecule has 1 unspecified atom stereocenters. The highest BCUT2D eigenvalue weighted by Gasteiger charge is 2.39. The molecule has 0 saturated heterocycles. The van der Waals surface area contributed by atoms with Gasteiger partial charge in [0, 0.05) is 13.5 Å². The predicted molar refractivity (Wildman–Crippen MR) is 70.8 cm³/mol. The van der Waals surface area contributed by atoms with E-state index >= 15 is 0 Å². The normalized spacial score (nSPS) is 14.0. The van der Waals surface area contributed by atoms with Crippen LogP contribution in [0.4, 0.5) is 0 Å². The van der Waals surface area contributed by atoms with Gasteiger partial charge in [-0.25, -0.2) is 4.98 Å². The van der Waals surface area contributed by atoms with Crippen molar-refractivity contribution in [2.45, 2.75) is 25.2 Å². The second kappa shape index (κ2) is 5.22. The van der Waals surface area contributed by atoms with Crippen LogP contribution in [0.25, 0.3) is 0 Å². The molecule has 2 rings (SSSR count). The van der Waals surface area contributed by atoms with E-state index in [1.807, 2.05) is 37.3 Å². The number of carboxylic acids is 1. The van der Waals surface area contributed by atoms with E-state index in [4.69, 9.17) is 0 Å². The van der Waals surface area contributed by atoms with Crippen LogP contribution < -0.4 is 0 Å². The molecule has 0 aliphatic heterocycles. The van der Waals surface area contributed by atoms with E-state index in [1.165, 1.54) is 6.33 Å². The van der Waals surface area contributed by atoms with Gasteiger partial charge < -0.3 is 5.11 Å². The molecule has 1 heterocycles. The molecule has 0 aliphatic rings. The Bertz CT molecular complexity index is 565. The van der Waals surface area contributed by atoms with E-state index in [1.54, 1.807) is 11.7 Å². The molecule has 1 aromatic heterocycles. The molecule has 1 atom stereocenters. The molecule has 100 valence electrons. The lowest BCUT2D eigenvalue weighted by Crippen LogP contribution is -2.38. The number of hydrogen-bond acceptors (Lipinski definition) is 3. The fourth-order valence-corrected chi connectivity index (χ4v) is 2.29. The maximum absolute atomic E-state index is 11.8. The molecule has 1 aromatic carbocycles. The minimum atomic E-state index is -0.956. The van der Waals surface area contributed by atoms with E-state index in [0.29, 0.717) is 18.7 Å². The quantitative estimate of drug-likeness (QED) is 0.888. The van der Waals surface area contributed by atoms with Crippen LogP contribution in [0.2, 0.25) is 0 Å². The van der Waals surface area contributed by atoms with Crippen molar-refractivity contribution < 1.29 is 9.90 Å². The molecule has 0 amide bonds. The number of carbonyl (C=O) groups is 1. The number of rotatable bonds is 5. The van der Waals surface area contributed by atoms with Crippen LogP contribution in [0.1, 0.15) is 24.7 Å². The first-order valence-electron chi connectivity index (χ1n) is 6.22. The highest BCUT2D eigenvalue weighted by Crippen LogP contribution is 2.31. The lowest BCUT2D eigenvalue weighted by atomic mass is 9.75. The van der Waals surface area contributed by atoms with Crippen LogP contribution in [-0.4, -0.2) is 25.8 Å². The van der Waals surface area contributed by atoms with Gasteiger partial charge in [-0.05, 0) is 12.0 Å². The third-order valence-corrected chi connectivity index (χ3v) is 3.60. The molecular formula is C14H17N3O2. The molecule has 0 fully saturated rings. The number of nitrogens with zero attached hydrogens (tertiary/aromatic N) is 3. The molecule has 5 heteroatoms. The van der Waals surface area contributed by atoms with E-state index < -0.39 is 11.4 Å². The summed E-state index contributed by atoms with van der Waals surface area (Å²) in [6.45, 7) is 1.89. The Morgan fingerprint density at radius 2 is 2.05 bits per heavy atom. The highest BCUT2D eigenvalue weighted by molar-refractivity contribution is 5.81. The lowest BCUT2D eigenvalue weighted by molar-refractivity contribution is -0.144. The zero-order chi connectivity index (χ0) is 13.9. The first kappa shape index (κ1) is 13.3. The Kier molecular flexibility index (Phi) is 3.64. The Labute approximate surface area is 111 Å². The minimum absolute atomic E-state index is 0.333. The minimum Gasteiger partial charge on any atom is -0.481 e. The van der Waals surface area contributed by atoms with Crippen molar-refractivity contribution in [3.05, 3.63) is 48.0 Å². The van der Waals surface area contributed by atoms with Gasteiger partial charge in [-0.3, -0.25) is 9.48 Å². The fourth-order valence-electron chi connectivity index (χ4n) is 2.29. The van der Waals surface area contributed by atoms with E-state index in [2.05, 4.69) is 10.1 Å². The standard InChI is InChI=1S/C14H17N3O2/c1-3-14(13(18)19,11-7-5-4-6-8-11)9-12-15-10-16-17(12)2/h4-8,10H,3,9H2,1-2H3,(H,18,19). The molecule has 19 heavy (non-hydrogen) atoms. The van der Waals surface area contributed by atoms with Crippen LogP contribution in [0.5, 0.6) is 0 Å². The molecule has 5 nitrogen and oxygen atoms in total. The largest absolute Gasteiger partial charge is 0.481 e. The summed E-state index contributed by atoms with van der Waals surface area (Å²) in [5.41, 5.74) is -0.157. The third-order valence-electron chi connectivity index (χ3n) is 3.60. The number of aryl methyl sites for hydroxylation is 1. The molecule has 0 radical (unpaired) electrons. The fraction of sp³-hybridized carbons (Fsp3) is 0.357. The van der Waals surface area contributed by atoms with Crippen molar-refractivity contribution in [1.82, 2.24) is 14.8 Å². The number of aromatic nitrogens is 3. The van der Waals surface area contributed by atoms with Crippen LogP contribution in [0.3, 0.4) is 0 Å². The summed E-state index contributed by atoms with van der Waals surface area (Å²) in [4.78, 5) is 16.0. The molecule has 1 N–H and O–H groups in total. The summed E-state index contributed by atoms with van der Waals surface area (Å²) in [7, 11) is 1.77. The summed E-state index contributed by atoms with van der Waals surface area (Å²) >= 11 is 0. The average Bonchev–Trinajstić information content (AvgIpc) is 2.82. The van der Waals surface area contributed by atoms with Crippen molar-refractivity contribution in [3.63, 3.8) is 0 Å². The zero-order valence-corrected chi connectivity index (χ0v) is 11.1. The van der Waals surface area contributed by atoms with Crippen LogP contribution in [-0.2, 0) is 23.7 Å². The SMILES string of the molecule is CCC(Cc1ncnn1C)(C(=O)O)c1ccccc1. The second-order valence-corrected chi connectivity index (χ2v) is 4.58. The zero-order valence-electron chi connectivity index (χ0n) is 11.1. The first-order valence-corrected chi connectivity index (χ1v) is 6.22. The number of benzene rings is 1. The van der Waals surface area contributed by atoms with Crippen molar-refractivity contribution in [1.29, 1.82) is 0 Å². The summed E-state index contributed by atoms with van der Waals surface area (Å²) in [5.74, 6) is -0.155. The Morgan fingerprint density at radius 1 is 1.37 bits per heavy atom. The van der Waals surface area contributed by atoms with Gasteiger partial charge in [-0.1, -0.05) is 37.3 Å². The summed E-state index contributed by atoms with van der Waals surface area (Å²) in [6, 6.07) is 9.31. The summed E-state index contributed by atoms with van der Waals surface area (Å²) in [6.07, 6.45) is 2.28. The first-order chi connectivity index (χ1) is 9.10. The van der Waals surface area contributed by atoms with Crippen molar-refractivity contribution in [3.8, 4) is 0 Å². The Balaban J connectivity index is 2.47. The van der Waals surface area contributed by atoms with Crippen LogP contribution >= 0.6 is 0 Å². The lowest BCUT2D eigenvalue weighted by Gasteiger charge is -2.28. The number of carboxylic acid groups (broad SMARTS) is 1. The Hall–Kier alpha value is -2.17. The van der Waals surface area contributed by atoms with E-state index in [-0.39, 0.29) is 0 Å². The molecule has 0 bridgehead atoms. The van der Waals surface area contributed by atoms with E-state index in [0.717, 1.165) is 5.56 Å². The van der Waals surface area contributed by atoms with Gasteiger partial charge in [0.05, 0.1) is 5.41 Å². The van der Waals surface area contributed by atoms with Gasteiger partial charge in [0.1, 0.15) is 12.2 Å². The number of aliphatic carboxylic acids is 1. The molecule has 0 spiro atoms. The molecule has 2 aromatic rings. The van der Waals surface area contributed by atoms with Gasteiger partial charge >= 0.3 is 5.97 Å². The maximum atomic E-state index is 11.8. The topological polar surface area (TPSA) is 68.0 Å². The predicted octanol–water partition coefficient (Wildman–Crippen LogP) is 1.79. The van der Waals surface area contributed by atoms with Crippen molar-refractivity contribution in [2.75, 3.05) is 0 Å². The van der Waals surface area contributed by atoms with Crippen molar-refractivity contribution in [2.24, 2.45) is 7.05 Å². The van der Waals surface area contributed by atoms with Crippen LogP contribution in [0.15, 0.2) is 36.7 Å². The van der Waals surface area contributed by atoms with Gasteiger partial charge in [0.25, 0.3) is 0 Å². The Morgan fingerprint density at radius 3 is 2.53 bits per heavy atom. The highest BCUT2D eigenvalue weighted by atomic mass is 16.4. The smallest absolute Gasteiger partial charge is 0.314 e. The van der Waals surface area contributed by atoms with Gasteiger partial charge in [0.2, 0.25) is 0 Å². The molecule has 0 aliphatic carbocycles. The summed E-state index contributed by atoms with van der Waals surface area (Å²) < 4.78 is 1.62. The molecular weight excluding hydrogens is 242 g/mol. The van der Waals surface area contributed by atoms with Gasteiger partial charge in [-0.2, -0.15) is 5.10 Å². The maximum Gasteiger partial charge on any atom is 0.314 e. The van der Waals surface area contributed by atoms with Gasteiger partial charge in [0.15, 0.2) is 0 Å². The number of hydrogen-bond donors (Lipinski definition) is 1. The third kappa shape index (κ3) is 2.36.